The van der Waals surface area contributed by atoms with Gasteiger partial charge in [0.1, 0.15) is 19.0 Å². The molecule has 4 heterocycles. The molecule has 0 N–H and O–H groups in total. The topological polar surface area (TPSA) is 94.2 Å². The summed E-state index contributed by atoms with van der Waals surface area (Å²) in [4.78, 5) is 65.2. The summed E-state index contributed by atoms with van der Waals surface area (Å²) in [5.41, 5.74) is 0. The lowest BCUT2D eigenvalue weighted by atomic mass is 10.3. The van der Waals surface area contributed by atoms with Crippen molar-refractivity contribution < 1.29 is 19.2 Å². The number of urea groups is 4. The van der Waals surface area contributed by atoms with Crippen LogP contribution in [-0.2, 0) is 0 Å². The highest BCUT2D eigenvalue weighted by Gasteiger charge is 2.61. The molecule has 0 aromatic heterocycles. The standard InChI is InChI=1S/C19H32N8O4/c1-7-22-12-14(24(9-3)18(22)30)26(16(28)20(12)5)11-27-15-13(21(6)17(27)29)23(8-2)19(31)25(15)10-4/h12-15H,7-11H2,1-6H3/t12-,13+,14-,15-/m0/s1. The van der Waals surface area contributed by atoms with E-state index in [0.717, 1.165) is 0 Å². The van der Waals surface area contributed by atoms with Crippen LogP contribution in [-0.4, -0.2) is 135 Å². The number of nitrogens with zero attached hydrogens (tertiary/aromatic N) is 8. The predicted molar refractivity (Wildman–Crippen MR) is 110 cm³/mol. The van der Waals surface area contributed by atoms with Crippen LogP contribution in [0.4, 0.5) is 19.2 Å². The highest BCUT2D eigenvalue weighted by atomic mass is 16.2. The zero-order valence-electron chi connectivity index (χ0n) is 19.1. The molecule has 8 amide bonds. The van der Waals surface area contributed by atoms with Gasteiger partial charge in [0.15, 0.2) is 12.3 Å². The van der Waals surface area contributed by atoms with E-state index >= 15 is 0 Å². The number of carbonyl (C=O) groups excluding carboxylic acids is 4. The van der Waals surface area contributed by atoms with Crippen molar-refractivity contribution in [1.29, 1.82) is 0 Å². The van der Waals surface area contributed by atoms with E-state index in [9.17, 15) is 19.2 Å². The third-order valence-corrected chi connectivity index (χ3v) is 6.99. The molecule has 4 fully saturated rings. The van der Waals surface area contributed by atoms with Crippen molar-refractivity contribution in [3.8, 4) is 0 Å². The third-order valence-electron chi connectivity index (χ3n) is 6.99. The van der Waals surface area contributed by atoms with Gasteiger partial charge in [0.2, 0.25) is 0 Å². The van der Waals surface area contributed by atoms with E-state index in [1.165, 1.54) is 0 Å². The Morgan fingerprint density at radius 2 is 0.774 bits per heavy atom. The van der Waals surface area contributed by atoms with Gasteiger partial charge >= 0.3 is 24.1 Å². The lowest BCUT2D eigenvalue weighted by molar-refractivity contribution is 0.0579. The van der Waals surface area contributed by atoms with Crippen LogP contribution in [0, 0.1) is 0 Å². The first-order chi connectivity index (χ1) is 14.7. The molecule has 0 radical (unpaired) electrons. The first-order valence-electron chi connectivity index (χ1n) is 11.0. The second kappa shape index (κ2) is 7.34. The van der Waals surface area contributed by atoms with E-state index in [4.69, 9.17) is 0 Å². The average Bonchev–Trinajstić information content (AvgIpc) is 3.36. The van der Waals surface area contributed by atoms with Gasteiger partial charge in [0, 0.05) is 40.3 Å². The Morgan fingerprint density at radius 1 is 0.484 bits per heavy atom. The monoisotopic (exact) mass is 436 g/mol. The number of amides is 8. The van der Waals surface area contributed by atoms with Crippen molar-refractivity contribution in [2.24, 2.45) is 0 Å². The number of rotatable bonds is 6. The van der Waals surface area contributed by atoms with Crippen molar-refractivity contribution in [1.82, 2.24) is 39.2 Å². The number of likely N-dealkylation sites (N-methyl/N-ethyl adjacent to an activating group) is 6. The molecule has 4 rings (SSSR count). The van der Waals surface area contributed by atoms with Crippen LogP contribution in [0.15, 0.2) is 0 Å². The molecular weight excluding hydrogens is 404 g/mol. The normalized spacial score (nSPS) is 30.6. The fraction of sp³-hybridized carbons (Fsp3) is 0.789. The van der Waals surface area contributed by atoms with Crippen molar-refractivity contribution in [3.63, 3.8) is 0 Å². The van der Waals surface area contributed by atoms with Crippen molar-refractivity contribution in [3.05, 3.63) is 0 Å². The summed E-state index contributed by atoms with van der Waals surface area (Å²) >= 11 is 0. The Labute approximate surface area is 182 Å². The molecule has 31 heavy (non-hydrogen) atoms. The van der Waals surface area contributed by atoms with Gasteiger partial charge in [0.05, 0.1) is 0 Å². The van der Waals surface area contributed by atoms with E-state index in [1.54, 1.807) is 53.3 Å². The van der Waals surface area contributed by atoms with Gasteiger partial charge in [-0.1, -0.05) is 0 Å². The van der Waals surface area contributed by atoms with Crippen LogP contribution in [0.1, 0.15) is 27.7 Å². The highest BCUT2D eigenvalue weighted by Crippen LogP contribution is 2.38. The van der Waals surface area contributed by atoms with Gasteiger partial charge in [-0.25, -0.2) is 19.2 Å². The largest absolute Gasteiger partial charge is 0.324 e. The minimum atomic E-state index is -0.485. The number of carbonyl (C=O) groups is 4. The first-order valence-corrected chi connectivity index (χ1v) is 11.0. The molecule has 0 aromatic carbocycles. The Morgan fingerprint density at radius 3 is 1.06 bits per heavy atom. The van der Waals surface area contributed by atoms with Gasteiger partial charge in [-0.15, -0.1) is 0 Å². The van der Waals surface area contributed by atoms with Crippen molar-refractivity contribution in [2.75, 3.05) is 46.9 Å². The van der Waals surface area contributed by atoms with Crippen LogP contribution in [0.5, 0.6) is 0 Å². The summed E-state index contributed by atoms with van der Waals surface area (Å²) in [5, 5.41) is 0. The molecule has 0 aromatic rings. The quantitative estimate of drug-likeness (QED) is 0.607. The first kappa shape index (κ1) is 21.3. The van der Waals surface area contributed by atoms with E-state index in [0.29, 0.717) is 26.2 Å². The molecule has 12 heteroatoms. The molecule has 0 aliphatic carbocycles. The summed E-state index contributed by atoms with van der Waals surface area (Å²) in [6, 6.07) is -0.706. The minimum absolute atomic E-state index is 0.0113. The number of hydrogen-bond acceptors (Lipinski definition) is 4. The Balaban J connectivity index is 1.68. The summed E-state index contributed by atoms with van der Waals surface area (Å²) in [6.45, 7) is 9.44. The average molecular weight is 437 g/mol. The lowest BCUT2D eigenvalue weighted by Crippen LogP contribution is -2.55. The molecule has 12 nitrogen and oxygen atoms in total. The third kappa shape index (κ3) is 2.59. The van der Waals surface area contributed by atoms with Crippen molar-refractivity contribution in [2.45, 2.75) is 52.4 Å². The Bertz CT molecular complexity index is 744. The van der Waals surface area contributed by atoms with Gasteiger partial charge in [-0.05, 0) is 27.7 Å². The molecule has 4 saturated heterocycles. The van der Waals surface area contributed by atoms with E-state index in [-0.39, 0.29) is 30.8 Å². The summed E-state index contributed by atoms with van der Waals surface area (Å²) < 4.78 is 0. The van der Waals surface area contributed by atoms with Crippen LogP contribution < -0.4 is 0 Å². The maximum atomic E-state index is 13.2. The number of fused-ring (bicyclic) bond motifs is 2. The van der Waals surface area contributed by atoms with E-state index < -0.39 is 24.7 Å². The van der Waals surface area contributed by atoms with E-state index in [1.807, 2.05) is 27.7 Å². The Hall–Kier alpha value is -2.92. The van der Waals surface area contributed by atoms with Crippen LogP contribution >= 0.6 is 0 Å². The molecule has 172 valence electrons. The molecular formula is C19H32N8O4. The molecule has 0 unspecified atom stereocenters. The molecule has 4 aliphatic rings. The molecule has 0 saturated carbocycles. The lowest BCUT2D eigenvalue weighted by Gasteiger charge is -2.35. The zero-order valence-corrected chi connectivity index (χ0v) is 19.1. The van der Waals surface area contributed by atoms with Crippen LogP contribution in [0.25, 0.3) is 0 Å². The predicted octanol–water partition coefficient (Wildman–Crippen LogP) is 0.538. The molecule has 4 aliphatic heterocycles. The van der Waals surface area contributed by atoms with Gasteiger partial charge in [-0.2, -0.15) is 0 Å². The van der Waals surface area contributed by atoms with E-state index in [2.05, 4.69) is 0 Å². The summed E-state index contributed by atoms with van der Waals surface area (Å²) in [7, 11) is 3.37. The highest BCUT2D eigenvalue weighted by molar-refractivity contribution is 5.87. The van der Waals surface area contributed by atoms with Crippen LogP contribution in [0.3, 0.4) is 0 Å². The molecule has 4 atom stereocenters. The second-order valence-corrected chi connectivity index (χ2v) is 8.23. The fourth-order valence-corrected chi connectivity index (χ4v) is 5.50. The summed E-state index contributed by atoms with van der Waals surface area (Å²) in [6.07, 6.45) is -1.78. The van der Waals surface area contributed by atoms with Gasteiger partial charge in [0.25, 0.3) is 0 Å². The SMILES string of the molecule is CCN1C(=O)N(CC)[C@@H]2[C@@H]1N(CN1C(=O)N(C)[C@@H]3[C@H]1N(CC)C(=O)N3CC)C(=O)N2C. The van der Waals surface area contributed by atoms with Crippen molar-refractivity contribution >= 4 is 24.1 Å². The minimum Gasteiger partial charge on any atom is -0.303 e. The fourth-order valence-electron chi connectivity index (χ4n) is 5.50. The Kier molecular flexibility index (Phi) is 5.05. The maximum absolute atomic E-state index is 13.2. The smallest absolute Gasteiger partial charge is 0.303 e. The summed E-state index contributed by atoms with van der Waals surface area (Å²) in [5.74, 6) is 0. The second-order valence-electron chi connectivity index (χ2n) is 8.23. The molecule has 0 bridgehead atoms. The maximum Gasteiger partial charge on any atom is 0.324 e. The number of hydrogen-bond donors (Lipinski definition) is 0. The van der Waals surface area contributed by atoms with Gasteiger partial charge in [-0.3, -0.25) is 9.80 Å². The van der Waals surface area contributed by atoms with Crippen LogP contribution in [0.2, 0.25) is 0 Å². The van der Waals surface area contributed by atoms with Gasteiger partial charge < -0.3 is 29.4 Å². The molecule has 0 spiro atoms. The zero-order chi connectivity index (χ0) is 22.8.